The van der Waals surface area contributed by atoms with Crippen molar-refractivity contribution in [2.75, 3.05) is 48.9 Å². The van der Waals surface area contributed by atoms with Gasteiger partial charge in [0.25, 0.3) is 5.91 Å². The van der Waals surface area contributed by atoms with E-state index in [1.54, 1.807) is 48.5 Å². The first-order chi connectivity index (χ1) is 25.4. The summed E-state index contributed by atoms with van der Waals surface area (Å²) in [6, 6.07) is 32.8. The Labute approximate surface area is 301 Å². The number of ketones is 1. The van der Waals surface area contributed by atoms with Crippen LogP contribution in [-0.2, 0) is 27.2 Å². The van der Waals surface area contributed by atoms with Crippen molar-refractivity contribution < 1.29 is 29.0 Å². The molecular formula is C39H41N7O6. The lowest BCUT2D eigenvalue weighted by atomic mass is 10.1. The van der Waals surface area contributed by atoms with Gasteiger partial charge in [-0.05, 0) is 53.9 Å². The molecule has 0 aliphatic rings. The zero-order valence-corrected chi connectivity index (χ0v) is 28.6. The normalized spacial score (nSPS) is 10.7. The molecule has 5 N–H and O–H groups in total. The van der Waals surface area contributed by atoms with Gasteiger partial charge in [-0.2, -0.15) is 15.0 Å². The van der Waals surface area contributed by atoms with E-state index in [1.165, 1.54) is 0 Å². The van der Waals surface area contributed by atoms with Crippen molar-refractivity contribution in [3.8, 4) is 0 Å². The van der Waals surface area contributed by atoms with Crippen molar-refractivity contribution in [2.24, 2.45) is 0 Å². The number of nitrogens with one attached hydrogen (secondary N) is 4. The van der Waals surface area contributed by atoms with Gasteiger partial charge in [-0.25, -0.2) is 0 Å². The fourth-order valence-electron chi connectivity index (χ4n) is 4.95. The summed E-state index contributed by atoms with van der Waals surface area (Å²) in [6.45, 7) is 2.48. The van der Waals surface area contributed by atoms with Crippen molar-refractivity contribution in [3.63, 3.8) is 0 Å². The van der Waals surface area contributed by atoms with Gasteiger partial charge in [0, 0.05) is 48.6 Å². The SMILES string of the molecule is O=C(O)Cc1ccc(Nc2nc(NCCOCCOCCCC(=O)c3ccccc3)nc(Nc3ccc(C(=O)NCc4ccccc4)cc3)n2)cc1. The van der Waals surface area contributed by atoms with Gasteiger partial charge in [0.15, 0.2) is 5.78 Å². The third kappa shape index (κ3) is 12.6. The Morgan fingerprint density at radius 3 is 1.81 bits per heavy atom. The van der Waals surface area contributed by atoms with Crippen LogP contribution >= 0.6 is 0 Å². The monoisotopic (exact) mass is 703 g/mol. The van der Waals surface area contributed by atoms with Crippen LogP contribution < -0.4 is 21.3 Å². The van der Waals surface area contributed by atoms with Crippen molar-refractivity contribution in [3.05, 3.63) is 131 Å². The van der Waals surface area contributed by atoms with Crippen LogP contribution in [0.1, 0.15) is 44.7 Å². The molecule has 1 heterocycles. The van der Waals surface area contributed by atoms with Crippen molar-refractivity contribution in [1.29, 1.82) is 0 Å². The maximum atomic E-state index is 12.7. The molecule has 13 nitrogen and oxygen atoms in total. The van der Waals surface area contributed by atoms with Gasteiger partial charge in [0.05, 0.1) is 26.2 Å². The first-order valence-corrected chi connectivity index (χ1v) is 16.9. The minimum Gasteiger partial charge on any atom is -0.481 e. The Kier molecular flexibility index (Phi) is 14.2. The number of anilines is 5. The van der Waals surface area contributed by atoms with E-state index in [9.17, 15) is 14.4 Å². The highest BCUT2D eigenvalue weighted by molar-refractivity contribution is 5.96. The molecule has 268 valence electrons. The summed E-state index contributed by atoms with van der Waals surface area (Å²) in [4.78, 5) is 49.4. The lowest BCUT2D eigenvalue weighted by Crippen LogP contribution is -2.22. The fourth-order valence-corrected chi connectivity index (χ4v) is 4.95. The number of rotatable bonds is 21. The predicted octanol–water partition coefficient (Wildman–Crippen LogP) is 6.02. The molecule has 1 amide bonds. The topological polar surface area (TPSA) is 177 Å². The number of benzene rings is 4. The summed E-state index contributed by atoms with van der Waals surface area (Å²) in [6.07, 6.45) is 0.996. The average Bonchev–Trinajstić information content (AvgIpc) is 3.16. The van der Waals surface area contributed by atoms with Crippen molar-refractivity contribution >= 4 is 46.9 Å². The van der Waals surface area contributed by atoms with Crippen molar-refractivity contribution in [2.45, 2.75) is 25.8 Å². The number of nitrogens with zero attached hydrogens (tertiary/aromatic N) is 3. The molecular weight excluding hydrogens is 662 g/mol. The summed E-state index contributed by atoms with van der Waals surface area (Å²) < 4.78 is 11.3. The minimum atomic E-state index is -0.908. The second-order valence-electron chi connectivity index (χ2n) is 11.6. The van der Waals surface area contributed by atoms with Gasteiger partial charge in [-0.1, -0.05) is 72.8 Å². The van der Waals surface area contributed by atoms with Gasteiger partial charge in [-0.15, -0.1) is 0 Å². The maximum absolute atomic E-state index is 12.7. The summed E-state index contributed by atoms with van der Waals surface area (Å²) >= 11 is 0. The van der Waals surface area contributed by atoms with Crippen LogP contribution in [0, 0.1) is 0 Å². The van der Waals surface area contributed by atoms with Crippen LogP contribution in [0.4, 0.5) is 29.2 Å². The molecule has 4 aromatic carbocycles. The first kappa shape index (κ1) is 37.1. The Morgan fingerprint density at radius 1 is 0.596 bits per heavy atom. The van der Waals surface area contributed by atoms with Gasteiger partial charge in [0.2, 0.25) is 17.8 Å². The molecule has 0 bridgehead atoms. The molecule has 52 heavy (non-hydrogen) atoms. The standard InChI is InChI=1S/C39H41N7O6/c47-34(30-10-5-2-6-11-30)12-7-22-51-24-25-52-23-21-40-37-44-38(42-32-17-13-28(14-18-32)26-35(48)49)46-39(45-37)43-33-19-15-31(16-20-33)36(50)41-27-29-8-3-1-4-9-29/h1-6,8-11,13-20H,7,12,21-27H2,(H,41,50)(H,48,49)(H3,40,42,43,44,45,46). The van der Waals surface area contributed by atoms with E-state index in [0.717, 1.165) is 5.56 Å². The Hall–Kier alpha value is -6.18. The van der Waals surface area contributed by atoms with Crippen LogP contribution in [0.15, 0.2) is 109 Å². The summed E-state index contributed by atoms with van der Waals surface area (Å²) in [7, 11) is 0. The van der Waals surface area contributed by atoms with E-state index < -0.39 is 5.97 Å². The number of Topliss-reactive ketones (excluding diaryl/α,β-unsaturated/α-hetero) is 1. The van der Waals surface area contributed by atoms with Crippen LogP contribution in [0.3, 0.4) is 0 Å². The number of carbonyl (C=O) groups is 3. The molecule has 0 saturated heterocycles. The molecule has 13 heteroatoms. The minimum absolute atomic E-state index is 0.0778. The third-order valence-corrected chi connectivity index (χ3v) is 7.59. The lowest BCUT2D eigenvalue weighted by Gasteiger charge is -2.12. The van der Waals surface area contributed by atoms with Gasteiger partial charge < -0.3 is 35.8 Å². The molecule has 0 aliphatic carbocycles. The van der Waals surface area contributed by atoms with E-state index in [1.807, 2.05) is 60.7 Å². The molecule has 5 aromatic rings. The Balaban J connectivity index is 1.12. The third-order valence-electron chi connectivity index (χ3n) is 7.59. The summed E-state index contributed by atoms with van der Waals surface area (Å²) in [5.41, 5.74) is 4.22. The second kappa shape index (κ2) is 19.9. The quantitative estimate of drug-likeness (QED) is 0.0444. The largest absolute Gasteiger partial charge is 0.481 e. The van der Waals surface area contributed by atoms with Crippen LogP contribution in [-0.4, -0.2) is 70.7 Å². The molecule has 5 rings (SSSR count). The first-order valence-electron chi connectivity index (χ1n) is 16.9. The number of ether oxygens (including phenoxy) is 2. The number of hydrogen-bond donors (Lipinski definition) is 5. The van der Waals surface area contributed by atoms with Crippen LogP contribution in [0.2, 0.25) is 0 Å². The number of carboxylic acid groups (broad SMARTS) is 1. The molecule has 0 atom stereocenters. The molecule has 0 radical (unpaired) electrons. The van der Waals surface area contributed by atoms with Gasteiger partial charge in [-0.3, -0.25) is 14.4 Å². The van der Waals surface area contributed by atoms with E-state index in [4.69, 9.17) is 14.6 Å². The highest BCUT2D eigenvalue weighted by Gasteiger charge is 2.11. The number of hydrogen-bond acceptors (Lipinski definition) is 11. The molecule has 0 saturated carbocycles. The lowest BCUT2D eigenvalue weighted by molar-refractivity contribution is -0.136. The van der Waals surface area contributed by atoms with Gasteiger partial charge >= 0.3 is 5.97 Å². The highest BCUT2D eigenvalue weighted by Crippen LogP contribution is 2.20. The predicted molar refractivity (Wildman–Crippen MR) is 198 cm³/mol. The summed E-state index contributed by atoms with van der Waals surface area (Å²) in [5.74, 6) is -0.192. The fraction of sp³-hybridized carbons (Fsp3) is 0.231. The smallest absolute Gasteiger partial charge is 0.307 e. The van der Waals surface area contributed by atoms with E-state index in [0.29, 0.717) is 86.4 Å². The van der Waals surface area contributed by atoms with E-state index in [-0.39, 0.29) is 30.0 Å². The molecule has 0 aliphatic heterocycles. The van der Waals surface area contributed by atoms with E-state index in [2.05, 4.69) is 36.2 Å². The molecule has 0 unspecified atom stereocenters. The number of aliphatic carboxylic acids is 1. The van der Waals surface area contributed by atoms with E-state index >= 15 is 0 Å². The Bertz CT molecular complexity index is 1880. The average molecular weight is 704 g/mol. The second-order valence-corrected chi connectivity index (χ2v) is 11.6. The molecule has 0 spiro atoms. The molecule has 0 fully saturated rings. The molecule has 1 aromatic heterocycles. The number of carbonyl (C=O) groups excluding carboxylic acids is 2. The zero-order chi connectivity index (χ0) is 36.4. The zero-order valence-electron chi connectivity index (χ0n) is 28.6. The Morgan fingerprint density at radius 2 is 1.17 bits per heavy atom. The van der Waals surface area contributed by atoms with Crippen molar-refractivity contribution in [1.82, 2.24) is 20.3 Å². The number of carboxylic acids is 1. The van der Waals surface area contributed by atoms with Gasteiger partial charge in [0.1, 0.15) is 0 Å². The van der Waals surface area contributed by atoms with Crippen LogP contribution in [0.5, 0.6) is 0 Å². The summed E-state index contributed by atoms with van der Waals surface area (Å²) in [5, 5.41) is 21.5. The number of amides is 1. The van der Waals surface area contributed by atoms with Crippen LogP contribution in [0.25, 0.3) is 0 Å². The maximum Gasteiger partial charge on any atom is 0.307 e. The number of aromatic nitrogens is 3. The highest BCUT2D eigenvalue weighted by atomic mass is 16.5.